The van der Waals surface area contributed by atoms with Gasteiger partial charge in [-0.1, -0.05) is 23.7 Å². The summed E-state index contributed by atoms with van der Waals surface area (Å²) in [6, 6.07) is 9.23. The minimum atomic E-state index is 0.110. The average Bonchev–Trinajstić information content (AvgIpc) is 3.15. The van der Waals surface area contributed by atoms with Crippen LogP contribution >= 0.6 is 11.6 Å². The zero-order valence-electron chi connectivity index (χ0n) is 11.2. The molecule has 0 spiro atoms. The lowest BCUT2D eigenvalue weighted by Crippen LogP contribution is -1.90. The zero-order valence-corrected chi connectivity index (χ0v) is 12.0. The fourth-order valence-corrected chi connectivity index (χ4v) is 2.21. The van der Waals surface area contributed by atoms with Crippen molar-refractivity contribution in [3.8, 4) is 22.8 Å². The summed E-state index contributed by atoms with van der Waals surface area (Å²) >= 11 is 5.92. The van der Waals surface area contributed by atoms with Crippen molar-refractivity contribution in [3.05, 3.63) is 47.3 Å². The van der Waals surface area contributed by atoms with E-state index < -0.39 is 0 Å². The summed E-state index contributed by atoms with van der Waals surface area (Å²) < 4.78 is 5.81. The van der Waals surface area contributed by atoms with Gasteiger partial charge in [0.25, 0.3) is 0 Å². The molecular formula is C15H14ClN3O2. The molecule has 0 amide bonds. The third-order valence-electron chi connectivity index (χ3n) is 3.10. The van der Waals surface area contributed by atoms with Gasteiger partial charge in [-0.05, 0) is 24.6 Å². The molecule has 3 aromatic rings. The van der Waals surface area contributed by atoms with E-state index in [1.54, 1.807) is 12.3 Å². The average molecular weight is 304 g/mol. The summed E-state index contributed by atoms with van der Waals surface area (Å²) in [6.45, 7) is 0.110. The molecule has 5 nitrogen and oxygen atoms in total. The molecule has 0 aliphatic heterocycles. The third kappa shape index (κ3) is 2.99. The molecule has 0 unspecified atom stereocenters. The first-order valence-electron chi connectivity index (χ1n) is 6.64. The summed E-state index contributed by atoms with van der Waals surface area (Å²) in [5.41, 5.74) is 2.34. The van der Waals surface area contributed by atoms with Crippen LogP contribution in [-0.2, 0) is 6.42 Å². The van der Waals surface area contributed by atoms with Crippen molar-refractivity contribution in [2.45, 2.75) is 12.8 Å². The molecule has 0 atom stereocenters. The Balaban J connectivity index is 2.02. The van der Waals surface area contributed by atoms with E-state index in [1.165, 1.54) is 0 Å². The molecule has 108 valence electrons. The summed E-state index contributed by atoms with van der Waals surface area (Å²) in [7, 11) is 0. The molecule has 3 rings (SSSR count). The van der Waals surface area contributed by atoms with Crippen LogP contribution in [0.3, 0.4) is 0 Å². The molecule has 2 aromatic heterocycles. The molecule has 6 heteroatoms. The van der Waals surface area contributed by atoms with E-state index >= 15 is 0 Å². The van der Waals surface area contributed by atoms with Gasteiger partial charge >= 0.3 is 0 Å². The number of halogens is 1. The van der Waals surface area contributed by atoms with E-state index in [9.17, 15) is 0 Å². The topological polar surface area (TPSA) is 74.9 Å². The van der Waals surface area contributed by atoms with Crippen LogP contribution in [0, 0.1) is 0 Å². The van der Waals surface area contributed by atoms with Crippen molar-refractivity contribution >= 4 is 11.6 Å². The van der Waals surface area contributed by atoms with Gasteiger partial charge < -0.3 is 9.52 Å². The van der Waals surface area contributed by atoms with Gasteiger partial charge in [0.05, 0.1) is 0 Å². The first-order chi connectivity index (χ1) is 10.3. The quantitative estimate of drug-likeness (QED) is 0.758. The largest absolute Gasteiger partial charge is 0.439 e. The number of aliphatic hydroxyl groups is 1. The lowest BCUT2D eigenvalue weighted by molar-refractivity contribution is 0.284. The number of nitrogens with one attached hydrogen (secondary N) is 1. The molecule has 0 radical (unpaired) electrons. The van der Waals surface area contributed by atoms with E-state index in [1.807, 2.05) is 24.3 Å². The van der Waals surface area contributed by atoms with E-state index in [0.29, 0.717) is 29.4 Å². The van der Waals surface area contributed by atoms with Crippen molar-refractivity contribution in [2.24, 2.45) is 0 Å². The Morgan fingerprint density at radius 3 is 2.67 bits per heavy atom. The van der Waals surface area contributed by atoms with Gasteiger partial charge in [0.2, 0.25) is 5.89 Å². The first kappa shape index (κ1) is 13.9. The van der Waals surface area contributed by atoms with E-state index in [0.717, 1.165) is 17.0 Å². The van der Waals surface area contributed by atoms with Crippen LogP contribution in [0.25, 0.3) is 22.8 Å². The third-order valence-corrected chi connectivity index (χ3v) is 3.35. The summed E-state index contributed by atoms with van der Waals surface area (Å²) in [4.78, 5) is 4.53. The molecule has 21 heavy (non-hydrogen) atoms. The predicted molar refractivity (Wildman–Crippen MR) is 79.9 cm³/mol. The van der Waals surface area contributed by atoms with Crippen LogP contribution < -0.4 is 0 Å². The number of aromatic amines is 1. The van der Waals surface area contributed by atoms with Crippen LogP contribution in [0.15, 0.2) is 40.9 Å². The Labute approximate surface area is 126 Å². The molecule has 2 N–H and O–H groups in total. The number of aromatic nitrogens is 3. The second kappa shape index (κ2) is 6.11. The number of aliphatic hydroxyl groups excluding tert-OH is 1. The van der Waals surface area contributed by atoms with Gasteiger partial charge in [0, 0.05) is 29.8 Å². The number of hydrogen-bond donors (Lipinski definition) is 2. The first-order valence-corrected chi connectivity index (χ1v) is 7.02. The van der Waals surface area contributed by atoms with Gasteiger partial charge in [0.15, 0.2) is 0 Å². The van der Waals surface area contributed by atoms with Crippen LogP contribution in [-0.4, -0.2) is 26.9 Å². The molecular weight excluding hydrogens is 290 g/mol. The Bertz CT molecular complexity index is 705. The Morgan fingerprint density at radius 2 is 2.00 bits per heavy atom. The Hall–Kier alpha value is -2.11. The molecule has 2 heterocycles. The standard InChI is InChI=1S/C15H14ClN3O2/c16-11-5-3-10(4-6-11)14-13(2-1-9-20)21-15(18-14)12-7-8-17-19-12/h3-8,20H,1-2,9H2,(H,17,19). The molecule has 0 aliphatic rings. The van der Waals surface area contributed by atoms with E-state index in [2.05, 4.69) is 15.2 Å². The van der Waals surface area contributed by atoms with Crippen molar-refractivity contribution < 1.29 is 9.52 Å². The maximum atomic E-state index is 9.02. The second-order valence-corrected chi connectivity index (χ2v) is 5.02. The predicted octanol–water partition coefficient (Wildman–Crippen LogP) is 3.31. The number of oxazole rings is 1. The summed E-state index contributed by atoms with van der Waals surface area (Å²) in [5, 5.41) is 16.5. The van der Waals surface area contributed by atoms with Crippen LogP contribution in [0.1, 0.15) is 12.2 Å². The number of benzene rings is 1. The number of aryl methyl sites for hydroxylation is 1. The number of nitrogens with zero attached hydrogens (tertiary/aromatic N) is 2. The fourth-order valence-electron chi connectivity index (χ4n) is 2.08. The number of H-pyrrole nitrogens is 1. The molecule has 0 bridgehead atoms. The lowest BCUT2D eigenvalue weighted by atomic mass is 10.1. The molecule has 1 aromatic carbocycles. The van der Waals surface area contributed by atoms with Crippen molar-refractivity contribution in [3.63, 3.8) is 0 Å². The van der Waals surface area contributed by atoms with Gasteiger partial charge in [-0.2, -0.15) is 5.10 Å². The Morgan fingerprint density at radius 1 is 1.19 bits per heavy atom. The SMILES string of the molecule is OCCCc1oc(-c2cc[nH]n2)nc1-c1ccc(Cl)cc1. The maximum Gasteiger partial charge on any atom is 0.247 e. The summed E-state index contributed by atoms with van der Waals surface area (Å²) in [6.07, 6.45) is 2.95. The molecule has 0 saturated heterocycles. The number of hydrogen-bond acceptors (Lipinski definition) is 4. The molecule has 0 aliphatic carbocycles. The minimum absolute atomic E-state index is 0.110. The normalized spacial score (nSPS) is 11.0. The molecule has 0 fully saturated rings. The maximum absolute atomic E-state index is 9.02. The zero-order chi connectivity index (χ0) is 14.7. The highest BCUT2D eigenvalue weighted by Gasteiger charge is 2.17. The molecule has 0 saturated carbocycles. The lowest BCUT2D eigenvalue weighted by Gasteiger charge is -2.00. The number of rotatable bonds is 5. The van der Waals surface area contributed by atoms with Crippen LogP contribution in [0.2, 0.25) is 5.02 Å². The Kier molecular flexibility index (Phi) is 4.03. The van der Waals surface area contributed by atoms with Gasteiger partial charge in [-0.25, -0.2) is 4.98 Å². The highest BCUT2D eigenvalue weighted by atomic mass is 35.5. The van der Waals surface area contributed by atoms with Gasteiger partial charge in [-0.3, -0.25) is 5.10 Å². The van der Waals surface area contributed by atoms with Crippen molar-refractivity contribution in [1.82, 2.24) is 15.2 Å². The highest BCUT2D eigenvalue weighted by Crippen LogP contribution is 2.29. The second-order valence-electron chi connectivity index (χ2n) is 4.58. The summed E-state index contributed by atoms with van der Waals surface area (Å²) in [5.74, 6) is 1.21. The van der Waals surface area contributed by atoms with Gasteiger partial charge in [-0.15, -0.1) is 0 Å². The van der Waals surface area contributed by atoms with Crippen LogP contribution in [0.5, 0.6) is 0 Å². The van der Waals surface area contributed by atoms with Crippen molar-refractivity contribution in [2.75, 3.05) is 6.61 Å². The monoisotopic (exact) mass is 303 g/mol. The van der Waals surface area contributed by atoms with Crippen molar-refractivity contribution in [1.29, 1.82) is 0 Å². The highest BCUT2D eigenvalue weighted by molar-refractivity contribution is 6.30. The smallest absolute Gasteiger partial charge is 0.247 e. The van der Waals surface area contributed by atoms with Crippen LogP contribution in [0.4, 0.5) is 0 Å². The van der Waals surface area contributed by atoms with Gasteiger partial charge in [0.1, 0.15) is 17.1 Å². The minimum Gasteiger partial charge on any atom is -0.439 e. The van der Waals surface area contributed by atoms with E-state index in [4.69, 9.17) is 21.1 Å². The fraction of sp³-hybridized carbons (Fsp3) is 0.200. The van der Waals surface area contributed by atoms with E-state index in [-0.39, 0.29) is 6.61 Å².